The fourth-order valence-electron chi connectivity index (χ4n) is 5.38. The van der Waals surface area contributed by atoms with Crippen molar-refractivity contribution in [2.45, 2.75) is 58.5 Å². The summed E-state index contributed by atoms with van der Waals surface area (Å²) in [7, 11) is 0. The Morgan fingerprint density at radius 1 is 1.16 bits per heavy atom. The molecule has 0 amide bonds. The van der Waals surface area contributed by atoms with Crippen molar-refractivity contribution in [3.05, 3.63) is 72.1 Å². The number of fused-ring (bicyclic) bond motifs is 1. The average molecular weight is 512 g/mol. The molecule has 2 aromatic heterocycles. The lowest BCUT2D eigenvalue weighted by Crippen LogP contribution is -2.51. The van der Waals surface area contributed by atoms with Crippen LogP contribution in [0.1, 0.15) is 51.7 Å². The Hall–Kier alpha value is -4.04. The van der Waals surface area contributed by atoms with Gasteiger partial charge in [0.15, 0.2) is 0 Å². The van der Waals surface area contributed by atoms with Crippen LogP contribution in [0.2, 0.25) is 0 Å². The molecule has 2 atom stereocenters. The number of aromatic nitrogens is 2. The van der Waals surface area contributed by atoms with E-state index >= 15 is 0 Å². The SMILES string of the molecule is CCc1cc(O)ccc1/N=C(\N)c1cnn2cc(-c3cccc(N)c3)cc2c1N[C@@H]1CC[C@](C)(N)C1(C)C. The van der Waals surface area contributed by atoms with E-state index in [0.717, 1.165) is 52.8 Å². The third kappa shape index (κ3) is 4.45. The Bertz CT molecular complexity index is 1530. The molecule has 0 saturated heterocycles. The second-order valence-electron chi connectivity index (χ2n) is 11.2. The quantitative estimate of drug-likeness (QED) is 0.137. The van der Waals surface area contributed by atoms with Gasteiger partial charge in [0.05, 0.1) is 28.7 Å². The molecule has 0 bridgehead atoms. The summed E-state index contributed by atoms with van der Waals surface area (Å²) in [5.41, 5.74) is 25.8. The lowest BCUT2D eigenvalue weighted by atomic mass is 9.75. The first kappa shape index (κ1) is 25.6. The number of nitrogens with zero attached hydrogens (tertiary/aromatic N) is 3. The van der Waals surface area contributed by atoms with E-state index in [1.54, 1.807) is 24.4 Å². The molecule has 0 spiro atoms. The number of phenols is 1. The summed E-state index contributed by atoms with van der Waals surface area (Å²) in [5, 5.41) is 18.4. The Balaban J connectivity index is 1.66. The van der Waals surface area contributed by atoms with Gasteiger partial charge in [-0.15, -0.1) is 0 Å². The summed E-state index contributed by atoms with van der Waals surface area (Å²) >= 11 is 0. The molecule has 1 saturated carbocycles. The molecule has 2 aromatic carbocycles. The van der Waals surface area contributed by atoms with Crippen LogP contribution in [0.3, 0.4) is 0 Å². The lowest BCUT2D eigenvalue weighted by molar-refractivity contribution is 0.215. The topological polar surface area (TPSA) is 140 Å². The molecular formula is C30H37N7O. The number of amidine groups is 1. The zero-order valence-corrected chi connectivity index (χ0v) is 22.5. The molecule has 198 valence electrons. The van der Waals surface area contributed by atoms with Gasteiger partial charge in [-0.1, -0.05) is 32.9 Å². The van der Waals surface area contributed by atoms with Crippen LogP contribution in [-0.4, -0.2) is 32.1 Å². The van der Waals surface area contributed by atoms with Gasteiger partial charge in [0, 0.05) is 34.4 Å². The summed E-state index contributed by atoms with van der Waals surface area (Å²) in [5.74, 6) is 0.557. The number of hydrogen-bond donors (Lipinski definition) is 5. The van der Waals surface area contributed by atoms with Gasteiger partial charge in [-0.05, 0) is 73.7 Å². The molecule has 2 heterocycles. The van der Waals surface area contributed by atoms with Crippen molar-refractivity contribution < 1.29 is 5.11 Å². The first-order valence-electron chi connectivity index (χ1n) is 13.1. The van der Waals surface area contributed by atoms with E-state index in [9.17, 15) is 5.11 Å². The van der Waals surface area contributed by atoms with Crippen LogP contribution in [0.5, 0.6) is 5.75 Å². The van der Waals surface area contributed by atoms with Crippen molar-refractivity contribution in [2.75, 3.05) is 11.1 Å². The third-order valence-corrected chi connectivity index (χ3v) is 8.43. The van der Waals surface area contributed by atoms with E-state index in [-0.39, 0.29) is 22.7 Å². The minimum atomic E-state index is -0.301. The number of phenolic OH excluding ortho intramolecular Hbond substituents is 1. The molecule has 1 fully saturated rings. The van der Waals surface area contributed by atoms with Gasteiger partial charge in [0.1, 0.15) is 11.6 Å². The largest absolute Gasteiger partial charge is 0.508 e. The second kappa shape index (κ2) is 9.36. The van der Waals surface area contributed by atoms with Gasteiger partial charge in [0.2, 0.25) is 0 Å². The number of nitrogen functional groups attached to an aromatic ring is 1. The van der Waals surface area contributed by atoms with Crippen molar-refractivity contribution in [3.8, 4) is 16.9 Å². The summed E-state index contributed by atoms with van der Waals surface area (Å²) in [6.07, 6.45) is 6.32. The number of nitrogens with two attached hydrogens (primary N) is 3. The monoisotopic (exact) mass is 511 g/mol. The van der Waals surface area contributed by atoms with E-state index in [1.165, 1.54) is 0 Å². The van der Waals surface area contributed by atoms with E-state index < -0.39 is 0 Å². The van der Waals surface area contributed by atoms with Crippen LogP contribution in [0.4, 0.5) is 17.1 Å². The maximum atomic E-state index is 9.93. The number of nitrogens with one attached hydrogen (secondary N) is 1. The molecular weight excluding hydrogens is 474 g/mol. The normalized spacial score (nSPS) is 21.2. The molecule has 8 nitrogen and oxygen atoms in total. The molecule has 0 unspecified atom stereocenters. The predicted molar refractivity (Wildman–Crippen MR) is 156 cm³/mol. The number of aryl methyl sites for hydroxylation is 1. The Labute approximate surface area is 223 Å². The molecule has 0 radical (unpaired) electrons. The van der Waals surface area contributed by atoms with E-state index in [4.69, 9.17) is 22.2 Å². The smallest absolute Gasteiger partial charge is 0.135 e. The van der Waals surface area contributed by atoms with Gasteiger partial charge in [-0.2, -0.15) is 5.10 Å². The van der Waals surface area contributed by atoms with E-state index in [0.29, 0.717) is 17.1 Å². The Morgan fingerprint density at radius 2 is 1.95 bits per heavy atom. The van der Waals surface area contributed by atoms with Crippen LogP contribution in [0, 0.1) is 5.41 Å². The number of benzene rings is 2. The maximum Gasteiger partial charge on any atom is 0.135 e. The standard InChI is InChI=1S/C30H37N7O/c1-5-18-14-22(38)9-10-24(18)35-28(32)23-16-34-37-17-20(19-7-6-8-21(31)13-19)15-25(37)27(23)36-26-11-12-30(4,33)29(26,2)3/h6-10,13-17,26,36,38H,5,11-12,31,33H2,1-4H3,(H2,32,35)/t26-,30+/m1/s1. The van der Waals surface area contributed by atoms with Crippen LogP contribution in [-0.2, 0) is 6.42 Å². The highest BCUT2D eigenvalue weighted by molar-refractivity contribution is 6.06. The molecule has 38 heavy (non-hydrogen) atoms. The van der Waals surface area contributed by atoms with Crippen LogP contribution < -0.4 is 22.5 Å². The van der Waals surface area contributed by atoms with Crippen LogP contribution in [0.25, 0.3) is 16.6 Å². The van der Waals surface area contributed by atoms with Gasteiger partial charge in [-0.25, -0.2) is 9.51 Å². The first-order valence-corrected chi connectivity index (χ1v) is 13.1. The van der Waals surface area contributed by atoms with Crippen LogP contribution in [0.15, 0.2) is 65.9 Å². The van der Waals surface area contributed by atoms with Crippen molar-refractivity contribution >= 4 is 28.4 Å². The summed E-state index contributed by atoms with van der Waals surface area (Å²) in [6, 6.07) is 15.2. The summed E-state index contributed by atoms with van der Waals surface area (Å²) in [4.78, 5) is 4.78. The number of anilines is 2. The minimum Gasteiger partial charge on any atom is -0.508 e. The summed E-state index contributed by atoms with van der Waals surface area (Å²) < 4.78 is 1.86. The van der Waals surface area contributed by atoms with E-state index in [2.05, 4.69) is 37.3 Å². The molecule has 1 aliphatic rings. The zero-order valence-electron chi connectivity index (χ0n) is 22.5. The molecule has 1 aliphatic carbocycles. The molecule has 8 heteroatoms. The van der Waals surface area contributed by atoms with E-state index in [1.807, 2.05) is 41.9 Å². The Kier molecular flexibility index (Phi) is 6.31. The highest BCUT2D eigenvalue weighted by Crippen LogP contribution is 2.46. The highest BCUT2D eigenvalue weighted by atomic mass is 16.3. The maximum absolute atomic E-state index is 9.93. The minimum absolute atomic E-state index is 0.126. The number of aliphatic imine (C=N–C) groups is 1. The highest BCUT2D eigenvalue weighted by Gasteiger charge is 2.49. The molecule has 0 aliphatic heterocycles. The number of aromatic hydroxyl groups is 1. The van der Waals surface area contributed by atoms with Crippen molar-refractivity contribution in [3.63, 3.8) is 0 Å². The van der Waals surface area contributed by atoms with Gasteiger partial charge < -0.3 is 27.6 Å². The third-order valence-electron chi connectivity index (χ3n) is 8.43. The van der Waals surface area contributed by atoms with Crippen molar-refractivity contribution in [1.82, 2.24) is 9.61 Å². The fraction of sp³-hybridized carbons (Fsp3) is 0.333. The van der Waals surface area contributed by atoms with Gasteiger partial charge in [0.25, 0.3) is 0 Å². The second-order valence-corrected chi connectivity index (χ2v) is 11.2. The lowest BCUT2D eigenvalue weighted by Gasteiger charge is -2.39. The van der Waals surface area contributed by atoms with Crippen molar-refractivity contribution in [1.29, 1.82) is 0 Å². The van der Waals surface area contributed by atoms with Gasteiger partial charge >= 0.3 is 0 Å². The van der Waals surface area contributed by atoms with Gasteiger partial charge in [-0.3, -0.25) is 0 Å². The average Bonchev–Trinajstić information content (AvgIpc) is 3.39. The zero-order chi connectivity index (χ0) is 27.2. The summed E-state index contributed by atoms with van der Waals surface area (Å²) in [6.45, 7) is 8.58. The molecule has 4 aromatic rings. The predicted octanol–water partition coefficient (Wildman–Crippen LogP) is 5.21. The van der Waals surface area contributed by atoms with Crippen LogP contribution >= 0.6 is 0 Å². The van der Waals surface area contributed by atoms with Crippen molar-refractivity contribution in [2.24, 2.45) is 21.9 Å². The molecule has 8 N–H and O–H groups in total. The molecule has 5 rings (SSSR count). The first-order chi connectivity index (χ1) is 18.0. The fourth-order valence-corrected chi connectivity index (χ4v) is 5.38. The number of hydrogen-bond acceptors (Lipinski definition) is 6. The Morgan fingerprint density at radius 3 is 2.63 bits per heavy atom. The number of rotatable bonds is 6.